The molecule has 0 spiro atoms. The van der Waals surface area contributed by atoms with Crippen LogP contribution in [0.25, 0.3) is 0 Å². The lowest BCUT2D eigenvalue weighted by molar-refractivity contribution is -0.138. The van der Waals surface area contributed by atoms with Crippen LogP contribution in [-0.2, 0) is 21.9 Å². The van der Waals surface area contributed by atoms with E-state index in [2.05, 4.69) is 5.32 Å². The number of benzene rings is 2. The third-order valence-corrected chi connectivity index (χ3v) is 7.25. The zero-order valence-electron chi connectivity index (χ0n) is 17.7. The molecule has 1 fully saturated rings. The van der Waals surface area contributed by atoms with Crippen molar-refractivity contribution in [3.8, 4) is 0 Å². The molecule has 0 radical (unpaired) electrons. The summed E-state index contributed by atoms with van der Waals surface area (Å²) in [5.41, 5.74) is 1.82. The third kappa shape index (κ3) is 6.90. The van der Waals surface area contributed by atoms with Crippen LogP contribution in [0.4, 0.5) is 0 Å². The van der Waals surface area contributed by atoms with E-state index in [-0.39, 0.29) is 23.6 Å². The van der Waals surface area contributed by atoms with E-state index in [9.17, 15) is 9.59 Å². The lowest BCUT2D eigenvalue weighted by atomic mass is 10.1. The second kappa shape index (κ2) is 11.8. The molecule has 1 saturated carbocycles. The lowest BCUT2D eigenvalue weighted by Crippen LogP contribution is -2.50. The van der Waals surface area contributed by atoms with Crippen molar-refractivity contribution in [2.45, 2.75) is 57.0 Å². The summed E-state index contributed by atoms with van der Waals surface area (Å²) in [5.74, 6) is 0.614. The zero-order valence-corrected chi connectivity index (χ0v) is 20.0. The van der Waals surface area contributed by atoms with Crippen molar-refractivity contribution in [1.29, 1.82) is 0 Å². The van der Waals surface area contributed by atoms with Crippen LogP contribution in [0, 0.1) is 0 Å². The molecule has 166 valence electrons. The number of carbonyl (C=O) groups excluding carboxylic acids is 2. The van der Waals surface area contributed by atoms with Crippen LogP contribution in [0.3, 0.4) is 0 Å². The summed E-state index contributed by atoms with van der Waals surface area (Å²) in [6, 6.07) is 14.8. The molecular formula is C24H28Cl2N2O2S. The van der Waals surface area contributed by atoms with Crippen LogP contribution >= 0.6 is 35.0 Å². The van der Waals surface area contributed by atoms with Gasteiger partial charge in [0.1, 0.15) is 6.04 Å². The molecule has 2 aromatic carbocycles. The molecule has 3 rings (SSSR count). The smallest absolute Gasteiger partial charge is 0.242 e. The molecule has 1 atom stereocenters. The van der Waals surface area contributed by atoms with Gasteiger partial charge in [-0.1, -0.05) is 72.4 Å². The molecule has 7 heteroatoms. The molecular weight excluding hydrogens is 451 g/mol. The van der Waals surface area contributed by atoms with Gasteiger partial charge in [0, 0.05) is 28.4 Å². The lowest BCUT2D eigenvalue weighted by Gasteiger charge is -2.29. The highest BCUT2D eigenvalue weighted by molar-refractivity contribution is 7.99. The predicted octanol–water partition coefficient (Wildman–Crippen LogP) is 5.70. The van der Waals surface area contributed by atoms with E-state index in [1.165, 1.54) is 11.8 Å². The molecule has 1 unspecified atom stereocenters. The molecule has 2 aromatic rings. The van der Waals surface area contributed by atoms with Gasteiger partial charge in [0.2, 0.25) is 11.8 Å². The molecule has 4 nitrogen and oxygen atoms in total. The fraction of sp³-hybridized carbons (Fsp3) is 0.417. The van der Waals surface area contributed by atoms with Gasteiger partial charge >= 0.3 is 0 Å². The quantitative estimate of drug-likeness (QED) is 0.502. The minimum Gasteiger partial charge on any atom is -0.352 e. The van der Waals surface area contributed by atoms with E-state index in [0.29, 0.717) is 22.3 Å². The maximum absolute atomic E-state index is 13.1. The van der Waals surface area contributed by atoms with Gasteiger partial charge in [-0.15, -0.1) is 11.8 Å². The van der Waals surface area contributed by atoms with Crippen LogP contribution in [0.1, 0.15) is 43.7 Å². The minimum atomic E-state index is -0.544. The van der Waals surface area contributed by atoms with Crippen molar-refractivity contribution in [3.63, 3.8) is 0 Å². The first-order valence-corrected chi connectivity index (χ1v) is 12.5. The summed E-state index contributed by atoms with van der Waals surface area (Å²) in [7, 11) is 0. The van der Waals surface area contributed by atoms with Gasteiger partial charge in [0.05, 0.1) is 5.75 Å². The number of thioether (sulfide) groups is 1. The van der Waals surface area contributed by atoms with Crippen LogP contribution in [-0.4, -0.2) is 34.6 Å². The Morgan fingerprint density at radius 2 is 1.71 bits per heavy atom. The molecule has 0 saturated heterocycles. The Hall–Kier alpha value is -1.69. The summed E-state index contributed by atoms with van der Waals surface area (Å²) in [6.07, 6.45) is 4.32. The number of hydrogen-bond donors (Lipinski definition) is 1. The molecule has 31 heavy (non-hydrogen) atoms. The second-order valence-corrected chi connectivity index (χ2v) is 9.67. The number of rotatable bonds is 9. The fourth-order valence-corrected chi connectivity index (χ4v) is 5.40. The molecule has 1 N–H and O–H groups in total. The number of hydrogen-bond acceptors (Lipinski definition) is 3. The number of halogens is 2. The summed E-state index contributed by atoms with van der Waals surface area (Å²) in [6.45, 7) is 2.20. The van der Waals surface area contributed by atoms with E-state index in [1.54, 1.807) is 30.0 Å². The van der Waals surface area contributed by atoms with Crippen molar-refractivity contribution in [1.82, 2.24) is 10.2 Å². The molecule has 0 aromatic heterocycles. The van der Waals surface area contributed by atoms with E-state index in [4.69, 9.17) is 23.2 Å². The van der Waals surface area contributed by atoms with E-state index >= 15 is 0 Å². The Kier molecular flexibility index (Phi) is 9.12. The van der Waals surface area contributed by atoms with Gasteiger partial charge in [-0.05, 0) is 43.0 Å². The Bertz CT molecular complexity index is 868. The second-order valence-electron chi connectivity index (χ2n) is 7.87. The van der Waals surface area contributed by atoms with Crippen molar-refractivity contribution in [3.05, 3.63) is 69.7 Å². The van der Waals surface area contributed by atoms with Gasteiger partial charge < -0.3 is 10.2 Å². The molecule has 2 amide bonds. The van der Waals surface area contributed by atoms with E-state index < -0.39 is 6.04 Å². The summed E-state index contributed by atoms with van der Waals surface area (Å²) < 4.78 is 0. The number of carbonyl (C=O) groups is 2. The topological polar surface area (TPSA) is 49.4 Å². The number of nitrogens with zero attached hydrogens (tertiary/aromatic N) is 1. The monoisotopic (exact) mass is 478 g/mol. The highest BCUT2D eigenvalue weighted by Gasteiger charge is 2.28. The van der Waals surface area contributed by atoms with Gasteiger partial charge in [-0.25, -0.2) is 0 Å². The molecule has 0 bridgehead atoms. The molecule has 0 aliphatic heterocycles. The van der Waals surface area contributed by atoms with Crippen LogP contribution in [0.5, 0.6) is 0 Å². The maximum Gasteiger partial charge on any atom is 0.242 e. The van der Waals surface area contributed by atoms with Gasteiger partial charge in [0.15, 0.2) is 0 Å². The SMILES string of the molecule is CC(C(=O)NC1CCCC1)N(Cc1ccccc1)C(=O)CSCc1c(Cl)cccc1Cl. The molecule has 1 aliphatic rings. The van der Waals surface area contributed by atoms with Crippen molar-refractivity contribution in [2.24, 2.45) is 0 Å². The van der Waals surface area contributed by atoms with Crippen molar-refractivity contribution in [2.75, 3.05) is 5.75 Å². The average Bonchev–Trinajstić information content (AvgIpc) is 3.27. The summed E-state index contributed by atoms with van der Waals surface area (Å²) in [5, 5.41) is 4.31. The van der Waals surface area contributed by atoms with Gasteiger partial charge in [0.25, 0.3) is 0 Å². The van der Waals surface area contributed by atoms with Crippen LogP contribution in [0.2, 0.25) is 10.0 Å². The Labute approximate surface area is 198 Å². The first-order valence-electron chi connectivity index (χ1n) is 10.6. The maximum atomic E-state index is 13.1. The largest absolute Gasteiger partial charge is 0.352 e. The van der Waals surface area contributed by atoms with Crippen LogP contribution in [0.15, 0.2) is 48.5 Å². The van der Waals surface area contributed by atoms with E-state index in [1.807, 2.05) is 30.3 Å². The first kappa shape index (κ1) is 24.0. The third-order valence-electron chi connectivity index (χ3n) is 5.60. The van der Waals surface area contributed by atoms with Crippen molar-refractivity contribution >= 4 is 46.8 Å². The van der Waals surface area contributed by atoms with Crippen LogP contribution < -0.4 is 5.32 Å². The van der Waals surface area contributed by atoms with Gasteiger partial charge in [-0.3, -0.25) is 9.59 Å². The average molecular weight is 479 g/mol. The summed E-state index contributed by atoms with van der Waals surface area (Å²) in [4.78, 5) is 27.7. The highest BCUT2D eigenvalue weighted by Crippen LogP contribution is 2.28. The number of amides is 2. The Balaban J connectivity index is 1.65. The van der Waals surface area contributed by atoms with E-state index in [0.717, 1.165) is 36.8 Å². The highest BCUT2D eigenvalue weighted by atomic mass is 35.5. The fourth-order valence-electron chi connectivity index (χ4n) is 3.75. The number of nitrogens with one attached hydrogen (secondary N) is 1. The zero-order chi connectivity index (χ0) is 22.2. The Morgan fingerprint density at radius 3 is 2.35 bits per heavy atom. The molecule has 0 heterocycles. The predicted molar refractivity (Wildman–Crippen MR) is 129 cm³/mol. The standard InChI is InChI=1S/C24H28Cl2N2O2S/c1-17(24(30)27-19-10-5-6-11-19)28(14-18-8-3-2-4-9-18)23(29)16-31-15-20-21(25)12-7-13-22(20)26/h2-4,7-9,12-13,17,19H,5-6,10-11,14-16H2,1H3,(H,27,30). The van der Waals surface area contributed by atoms with Gasteiger partial charge in [-0.2, -0.15) is 0 Å². The molecule has 1 aliphatic carbocycles. The first-order chi connectivity index (χ1) is 15.0. The summed E-state index contributed by atoms with van der Waals surface area (Å²) >= 11 is 13.9. The normalized spacial score (nSPS) is 14.9. The minimum absolute atomic E-state index is 0.0777. The Morgan fingerprint density at radius 1 is 1.06 bits per heavy atom. The van der Waals surface area contributed by atoms with Crippen molar-refractivity contribution < 1.29 is 9.59 Å².